The van der Waals surface area contributed by atoms with Crippen LogP contribution in [0.5, 0.6) is 0 Å². The molecule has 0 heteroatoms. The summed E-state index contributed by atoms with van der Waals surface area (Å²) in [6, 6.07) is 0. The van der Waals surface area contributed by atoms with E-state index in [1.54, 1.807) is 0 Å². The summed E-state index contributed by atoms with van der Waals surface area (Å²) >= 11 is 0. The van der Waals surface area contributed by atoms with Crippen LogP contribution >= 0.6 is 0 Å². The molecule has 0 nitrogen and oxygen atoms in total. The Labute approximate surface area is 64.0 Å². The maximum absolute atomic E-state index is 5.43. The van der Waals surface area contributed by atoms with Crippen LogP contribution in [0, 0.1) is 36.0 Å². The monoisotopic (exact) mass is 136 g/mol. The summed E-state index contributed by atoms with van der Waals surface area (Å²) in [5.41, 5.74) is 0. The first-order valence-corrected chi connectivity index (χ1v) is 4.13. The van der Waals surface area contributed by atoms with Crippen molar-refractivity contribution in [2.75, 3.05) is 0 Å². The molecule has 1 aliphatic carbocycles. The standard InChI is InChI=1S/C10H16/c1-5-9(7(2)3)10-6-8(10)4/h1,7-10H,6H2,2-4H3. The van der Waals surface area contributed by atoms with Gasteiger partial charge < -0.3 is 0 Å². The first-order valence-electron chi connectivity index (χ1n) is 4.13. The van der Waals surface area contributed by atoms with E-state index >= 15 is 0 Å². The van der Waals surface area contributed by atoms with Gasteiger partial charge in [0.1, 0.15) is 0 Å². The van der Waals surface area contributed by atoms with Crippen molar-refractivity contribution in [2.24, 2.45) is 23.7 Å². The number of hydrogen-bond donors (Lipinski definition) is 0. The summed E-state index contributed by atoms with van der Waals surface area (Å²) in [7, 11) is 0. The Hall–Kier alpha value is -0.440. The van der Waals surface area contributed by atoms with Gasteiger partial charge in [0.05, 0.1) is 0 Å². The van der Waals surface area contributed by atoms with Crippen molar-refractivity contribution in [2.45, 2.75) is 27.2 Å². The molecule has 1 rings (SSSR count). The third-order valence-electron chi connectivity index (χ3n) is 2.54. The minimum atomic E-state index is 0.537. The number of terminal acetylenes is 1. The Kier molecular flexibility index (Phi) is 2.04. The van der Waals surface area contributed by atoms with Crippen molar-refractivity contribution in [3.8, 4) is 12.3 Å². The summed E-state index contributed by atoms with van der Waals surface area (Å²) in [5, 5.41) is 0. The normalized spacial score (nSPS) is 33.5. The zero-order chi connectivity index (χ0) is 7.72. The molecule has 56 valence electrons. The van der Waals surface area contributed by atoms with Crippen molar-refractivity contribution in [1.29, 1.82) is 0 Å². The minimum Gasteiger partial charge on any atom is -0.120 e. The Morgan fingerprint density at radius 2 is 2.00 bits per heavy atom. The van der Waals surface area contributed by atoms with E-state index in [4.69, 9.17) is 6.42 Å². The van der Waals surface area contributed by atoms with Gasteiger partial charge in [-0.2, -0.15) is 0 Å². The topological polar surface area (TPSA) is 0 Å². The first-order chi connectivity index (χ1) is 4.66. The fourth-order valence-electron chi connectivity index (χ4n) is 1.66. The highest BCUT2D eigenvalue weighted by Crippen LogP contribution is 2.45. The van der Waals surface area contributed by atoms with Crippen molar-refractivity contribution in [3.63, 3.8) is 0 Å². The molecular formula is C10H16. The van der Waals surface area contributed by atoms with Gasteiger partial charge in [-0.1, -0.05) is 20.8 Å². The molecule has 1 fully saturated rings. The van der Waals surface area contributed by atoms with E-state index in [9.17, 15) is 0 Å². The predicted molar refractivity (Wildman–Crippen MR) is 44.4 cm³/mol. The maximum Gasteiger partial charge on any atom is 0.0254 e. The second-order valence-corrected chi connectivity index (χ2v) is 3.81. The summed E-state index contributed by atoms with van der Waals surface area (Å²) in [6.45, 7) is 6.72. The van der Waals surface area contributed by atoms with Gasteiger partial charge >= 0.3 is 0 Å². The van der Waals surface area contributed by atoms with Crippen LogP contribution in [-0.2, 0) is 0 Å². The van der Waals surface area contributed by atoms with Crippen LogP contribution in [0.3, 0.4) is 0 Å². The Morgan fingerprint density at radius 3 is 2.10 bits per heavy atom. The summed E-state index contributed by atoms with van der Waals surface area (Å²) in [5.74, 6) is 5.83. The Morgan fingerprint density at radius 1 is 1.50 bits per heavy atom. The SMILES string of the molecule is C#CC(C(C)C)C1CC1C. The summed E-state index contributed by atoms with van der Waals surface area (Å²) < 4.78 is 0. The fourth-order valence-corrected chi connectivity index (χ4v) is 1.66. The zero-order valence-electron chi connectivity index (χ0n) is 7.09. The zero-order valence-corrected chi connectivity index (χ0v) is 7.09. The van der Waals surface area contributed by atoms with Gasteiger partial charge in [-0.3, -0.25) is 0 Å². The molecule has 3 atom stereocenters. The molecule has 10 heavy (non-hydrogen) atoms. The lowest BCUT2D eigenvalue weighted by Gasteiger charge is -2.13. The highest BCUT2D eigenvalue weighted by Gasteiger charge is 2.39. The van der Waals surface area contributed by atoms with Crippen LogP contribution in [0.1, 0.15) is 27.2 Å². The number of rotatable bonds is 2. The van der Waals surface area contributed by atoms with Crippen molar-refractivity contribution >= 4 is 0 Å². The van der Waals surface area contributed by atoms with Crippen LogP contribution in [0.25, 0.3) is 0 Å². The quantitative estimate of drug-likeness (QED) is 0.512. The molecule has 0 aromatic rings. The second kappa shape index (κ2) is 2.66. The third kappa shape index (κ3) is 1.34. The lowest BCUT2D eigenvalue weighted by Crippen LogP contribution is -2.08. The molecule has 0 N–H and O–H groups in total. The molecule has 0 spiro atoms. The highest BCUT2D eigenvalue weighted by molar-refractivity contribution is 5.04. The average Bonchev–Trinajstić information content (AvgIpc) is 2.48. The maximum atomic E-state index is 5.43. The largest absolute Gasteiger partial charge is 0.120 e. The molecule has 0 bridgehead atoms. The first kappa shape index (κ1) is 7.66. The Bertz CT molecular complexity index is 150. The molecule has 0 amide bonds. The van der Waals surface area contributed by atoms with Crippen molar-refractivity contribution < 1.29 is 0 Å². The van der Waals surface area contributed by atoms with Gasteiger partial charge in [0.25, 0.3) is 0 Å². The lowest BCUT2D eigenvalue weighted by atomic mass is 9.91. The van der Waals surface area contributed by atoms with Crippen LogP contribution in [0.2, 0.25) is 0 Å². The second-order valence-electron chi connectivity index (χ2n) is 3.81. The molecule has 1 saturated carbocycles. The van der Waals surface area contributed by atoms with Gasteiger partial charge in [0, 0.05) is 5.92 Å². The van der Waals surface area contributed by atoms with Crippen LogP contribution < -0.4 is 0 Å². The fraction of sp³-hybridized carbons (Fsp3) is 0.800. The smallest absolute Gasteiger partial charge is 0.0254 e. The van der Waals surface area contributed by atoms with E-state index in [1.165, 1.54) is 6.42 Å². The lowest BCUT2D eigenvalue weighted by molar-refractivity contribution is 0.416. The molecule has 3 unspecified atom stereocenters. The third-order valence-corrected chi connectivity index (χ3v) is 2.54. The van der Waals surface area contributed by atoms with Crippen LogP contribution in [-0.4, -0.2) is 0 Å². The van der Waals surface area contributed by atoms with E-state index in [2.05, 4.69) is 26.7 Å². The van der Waals surface area contributed by atoms with Crippen molar-refractivity contribution in [3.05, 3.63) is 0 Å². The van der Waals surface area contributed by atoms with E-state index in [0.29, 0.717) is 11.8 Å². The molecule has 1 aliphatic rings. The van der Waals surface area contributed by atoms with Gasteiger partial charge in [0.15, 0.2) is 0 Å². The molecule has 0 radical (unpaired) electrons. The molecule has 0 saturated heterocycles. The van der Waals surface area contributed by atoms with Gasteiger partial charge in [-0.25, -0.2) is 0 Å². The van der Waals surface area contributed by atoms with E-state index in [1.807, 2.05) is 0 Å². The van der Waals surface area contributed by atoms with Crippen LogP contribution in [0.15, 0.2) is 0 Å². The molecule has 0 aromatic carbocycles. The van der Waals surface area contributed by atoms with Gasteiger partial charge in [-0.05, 0) is 24.2 Å². The van der Waals surface area contributed by atoms with E-state index in [0.717, 1.165) is 11.8 Å². The molecule has 0 heterocycles. The predicted octanol–water partition coefficient (Wildman–Crippen LogP) is 2.55. The average molecular weight is 136 g/mol. The number of hydrogen-bond acceptors (Lipinski definition) is 0. The summed E-state index contributed by atoms with van der Waals surface area (Å²) in [4.78, 5) is 0. The molecular weight excluding hydrogens is 120 g/mol. The summed E-state index contributed by atoms with van der Waals surface area (Å²) in [6.07, 6.45) is 6.78. The minimum absolute atomic E-state index is 0.537. The Balaban J connectivity index is 2.44. The van der Waals surface area contributed by atoms with Crippen LogP contribution in [0.4, 0.5) is 0 Å². The van der Waals surface area contributed by atoms with E-state index in [-0.39, 0.29) is 0 Å². The van der Waals surface area contributed by atoms with Gasteiger partial charge in [0.2, 0.25) is 0 Å². The molecule has 0 aliphatic heterocycles. The molecule has 0 aromatic heterocycles. The van der Waals surface area contributed by atoms with E-state index < -0.39 is 0 Å². The highest BCUT2D eigenvalue weighted by atomic mass is 14.4. The van der Waals surface area contributed by atoms with Gasteiger partial charge in [-0.15, -0.1) is 12.3 Å². The van der Waals surface area contributed by atoms with Crippen molar-refractivity contribution in [1.82, 2.24) is 0 Å².